The number of ether oxygens (including phenoxy) is 1. The molecule has 0 aliphatic heterocycles. The van der Waals surface area contributed by atoms with Crippen molar-refractivity contribution in [2.45, 2.75) is 6.92 Å². The van der Waals surface area contributed by atoms with E-state index in [1.807, 2.05) is 0 Å². The predicted octanol–water partition coefficient (Wildman–Crippen LogP) is 2.22. The van der Waals surface area contributed by atoms with Gasteiger partial charge in [0.25, 0.3) is 5.69 Å². The van der Waals surface area contributed by atoms with Crippen LogP contribution in [-0.4, -0.2) is 28.4 Å². The van der Waals surface area contributed by atoms with Gasteiger partial charge in [-0.3, -0.25) is 10.1 Å². The first-order valence-electron chi connectivity index (χ1n) is 6.98. The van der Waals surface area contributed by atoms with E-state index in [0.29, 0.717) is 17.9 Å². The zero-order valence-electron chi connectivity index (χ0n) is 12.8. The number of nitrogens with zero attached hydrogens (tertiary/aromatic N) is 3. The number of nitrogens with two attached hydrogens (primary N) is 1. The van der Waals surface area contributed by atoms with E-state index >= 15 is 0 Å². The number of aromatic nitrogens is 1. The number of anilines is 1. The monoisotopic (exact) mass is 329 g/mol. The maximum atomic E-state index is 11.5. The lowest BCUT2D eigenvalue weighted by Gasteiger charge is -2.06. The van der Waals surface area contributed by atoms with Crippen LogP contribution in [0.4, 0.5) is 17.2 Å². The fourth-order valence-electron chi connectivity index (χ4n) is 1.76. The van der Waals surface area contributed by atoms with Crippen LogP contribution >= 0.6 is 0 Å². The molecule has 0 radical (unpaired) electrons. The van der Waals surface area contributed by atoms with E-state index in [2.05, 4.69) is 15.3 Å². The van der Waals surface area contributed by atoms with Crippen molar-refractivity contribution in [3.05, 3.63) is 58.3 Å². The van der Waals surface area contributed by atoms with Gasteiger partial charge in [-0.15, -0.1) is 0 Å². The molecule has 3 N–H and O–H groups in total. The Bertz CT molecular complexity index is 756. The molecular formula is C15H15N5O4. The summed E-state index contributed by atoms with van der Waals surface area (Å²) >= 11 is 0. The van der Waals surface area contributed by atoms with Crippen LogP contribution in [0.25, 0.3) is 0 Å². The first kappa shape index (κ1) is 16.9. The number of rotatable bonds is 5. The van der Waals surface area contributed by atoms with Gasteiger partial charge in [0.05, 0.1) is 17.1 Å². The summed E-state index contributed by atoms with van der Waals surface area (Å²) in [6, 6.07) is 9.16. The van der Waals surface area contributed by atoms with Gasteiger partial charge in [-0.2, -0.15) is 4.99 Å². The summed E-state index contributed by atoms with van der Waals surface area (Å²) in [4.78, 5) is 29.4. The van der Waals surface area contributed by atoms with Crippen molar-refractivity contribution in [1.29, 1.82) is 0 Å². The number of hydrogen-bond donors (Lipinski definition) is 2. The highest BCUT2D eigenvalue weighted by Crippen LogP contribution is 2.15. The van der Waals surface area contributed by atoms with Crippen LogP contribution in [0.5, 0.6) is 0 Å². The highest BCUT2D eigenvalue weighted by Gasteiger charge is 2.07. The van der Waals surface area contributed by atoms with Crippen molar-refractivity contribution in [3.8, 4) is 0 Å². The Kier molecular flexibility index (Phi) is 5.40. The molecular weight excluding hydrogens is 314 g/mol. The van der Waals surface area contributed by atoms with Gasteiger partial charge >= 0.3 is 5.97 Å². The maximum absolute atomic E-state index is 11.5. The number of nitro groups is 1. The first-order chi connectivity index (χ1) is 11.5. The first-order valence-corrected chi connectivity index (χ1v) is 6.98. The molecule has 1 aromatic carbocycles. The van der Waals surface area contributed by atoms with Crippen molar-refractivity contribution >= 4 is 29.1 Å². The molecule has 2 aromatic rings. The third-order valence-corrected chi connectivity index (χ3v) is 2.85. The second-order valence-corrected chi connectivity index (χ2v) is 4.55. The molecule has 124 valence electrons. The van der Waals surface area contributed by atoms with Crippen LogP contribution in [0.15, 0.2) is 47.6 Å². The number of hydrogen-bond acceptors (Lipinski definition) is 6. The van der Waals surface area contributed by atoms with Gasteiger partial charge in [-0.25, -0.2) is 9.78 Å². The van der Waals surface area contributed by atoms with Crippen LogP contribution in [0.3, 0.4) is 0 Å². The van der Waals surface area contributed by atoms with Gasteiger partial charge in [0.2, 0.25) is 0 Å². The topological polar surface area (TPSA) is 133 Å². The van der Waals surface area contributed by atoms with Crippen molar-refractivity contribution in [3.63, 3.8) is 0 Å². The van der Waals surface area contributed by atoms with Gasteiger partial charge in [0, 0.05) is 11.8 Å². The molecule has 0 fully saturated rings. The molecule has 0 atom stereocenters. The van der Waals surface area contributed by atoms with Gasteiger partial charge in [0.1, 0.15) is 6.20 Å². The minimum atomic E-state index is -0.548. The van der Waals surface area contributed by atoms with Crippen LogP contribution in [0, 0.1) is 10.1 Å². The predicted molar refractivity (Wildman–Crippen MR) is 88.2 cm³/mol. The Hall–Kier alpha value is -3.49. The molecule has 9 nitrogen and oxygen atoms in total. The molecule has 24 heavy (non-hydrogen) atoms. The molecule has 0 aliphatic carbocycles. The summed E-state index contributed by atoms with van der Waals surface area (Å²) in [6.45, 7) is 2.04. The van der Waals surface area contributed by atoms with Crippen molar-refractivity contribution in [2.75, 3.05) is 11.9 Å². The average Bonchev–Trinajstić information content (AvgIpc) is 2.56. The SMILES string of the molecule is CCOC(=O)c1ccc(NC(N)=Nc2ccc([N+](=O)[O-])cn2)cc1. The molecule has 1 heterocycles. The quantitative estimate of drug-likeness (QED) is 0.282. The van der Waals surface area contributed by atoms with E-state index in [1.165, 1.54) is 12.1 Å². The third-order valence-electron chi connectivity index (χ3n) is 2.85. The number of nitrogens with one attached hydrogen (secondary N) is 1. The molecule has 0 saturated heterocycles. The third kappa shape index (κ3) is 4.50. The highest BCUT2D eigenvalue weighted by atomic mass is 16.6. The van der Waals surface area contributed by atoms with Gasteiger partial charge in [0.15, 0.2) is 11.8 Å². The minimum Gasteiger partial charge on any atom is -0.462 e. The number of esters is 1. The largest absolute Gasteiger partial charge is 0.462 e. The Labute approximate surface area is 137 Å². The number of guanidine groups is 1. The van der Waals surface area contributed by atoms with Crippen LogP contribution in [0.1, 0.15) is 17.3 Å². The smallest absolute Gasteiger partial charge is 0.338 e. The standard InChI is InChI=1S/C15H15N5O4/c1-2-24-14(21)10-3-5-11(6-4-10)18-15(16)19-13-8-7-12(9-17-13)20(22)23/h3-9H,2H2,1H3,(H3,16,17,18,19). The Morgan fingerprint density at radius 2 is 2.04 bits per heavy atom. The van der Waals surface area contributed by atoms with E-state index in [0.717, 1.165) is 6.20 Å². The average molecular weight is 329 g/mol. The second kappa shape index (κ2) is 7.68. The van der Waals surface area contributed by atoms with Crippen molar-refractivity contribution < 1.29 is 14.5 Å². The summed E-state index contributed by atoms with van der Waals surface area (Å²) < 4.78 is 4.89. The van der Waals surface area contributed by atoms with Crippen molar-refractivity contribution in [2.24, 2.45) is 10.7 Å². The number of pyridine rings is 1. The molecule has 2 rings (SSSR count). The fourth-order valence-corrected chi connectivity index (χ4v) is 1.76. The van der Waals surface area contributed by atoms with Gasteiger partial charge < -0.3 is 15.8 Å². The summed E-state index contributed by atoms with van der Waals surface area (Å²) in [6.07, 6.45) is 1.10. The number of benzene rings is 1. The molecule has 0 saturated carbocycles. The highest BCUT2D eigenvalue weighted by molar-refractivity contribution is 5.95. The normalized spacial score (nSPS) is 11.0. The Morgan fingerprint density at radius 3 is 2.58 bits per heavy atom. The molecule has 0 aliphatic rings. The lowest BCUT2D eigenvalue weighted by atomic mass is 10.2. The maximum Gasteiger partial charge on any atom is 0.338 e. The molecule has 0 amide bonds. The van der Waals surface area contributed by atoms with E-state index in [4.69, 9.17) is 10.5 Å². The number of aliphatic imine (C=N–C) groups is 1. The van der Waals surface area contributed by atoms with Crippen LogP contribution < -0.4 is 11.1 Å². The molecule has 0 spiro atoms. The summed E-state index contributed by atoms with van der Waals surface area (Å²) in [7, 11) is 0. The Morgan fingerprint density at radius 1 is 1.33 bits per heavy atom. The summed E-state index contributed by atoms with van der Waals surface area (Å²) in [5, 5.41) is 13.4. The van der Waals surface area contributed by atoms with E-state index < -0.39 is 10.9 Å². The number of carbonyl (C=O) groups is 1. The van der Waals surface area contributed by atoms with Crippen molar-refractivity contribution in [1.82, 2.24) is 4.98 Å². The van der Waals surface area contributed by atoms with E-state index in [1.54, 1.807) is 31.2 Å². The van der Waals surface area contributed by atoms with Gasteiger partial charge in [-0.05, 0) is 37.3 Å². The lowest BCUT2D eigenvalue weighted by Crippen LogP contribution is -2.22. The zero-order chi connectivity index (χ0) is 17.5. The Balaban J connectivity index is 2.04. The van der Waals surface area contributed by atoms with Crippen LogP contribution in [0.2, 0.25) is 0 Å². The minimum absolute atomic E-state index is 0.0558. The van der Waals surface area contributed by atoms with E-state index in [-0.39, 0.29) is 17.5 Å². The number of carbonyl (C=O) groups excluding carboxylic acids is 1. The van der Waals surface area contributed by atoms with Gasteiger partial charge in [-0.1, -0.05) is 0 Å². The lowest BCUT2D eigenvalue weighted by molar-refractivity contribution is -0.385. The second-order valence-electron chi connectivity index (χ2n) is 4.55. The van der Waals surface area contributed by atoms with Crippen LogP contribution in [-0.2, 0) is 4.74 Å². The fraction of sp³-hybridized carbons (Fsp3) is 0.133. The molecule has 9 heteroatoms. The molecule has 1 aromatic heterocycles. The summed E-state index contributed by atoms with van der Waals surface area (Å²) in [5.41, 5.74) is 6.67. The molecule has 0 unspecified atom stereocenters. The molecule has 0 bridgehead atoms. The zero-order valence-corrected chi connectivity index (χ0v) is 12.8. The van der Waals surface area contributed by atoms with E-state index in [9.17, 15) is 14.9 Å². The summed E-state index contributed by atoms with van der Waals surface area (Å²) in [5.74, 6) is -0.116.